The number of aliphatic imine (C=N–C) groups is 1. The highest BCUT2D eigenvalue weighted by atomic mass is 16.5. The van der Waals surface area contributed by atoms with Gasteiger partial charge >= 0.3 is 0 Å². The van der Waals surface area contributed by atoms with Crippen molar-refractivity contribution < 1.29 is 4.74 Å². The van der Waals surface area contributed by atoms with Crippen molar-refractivity contribution in [3.8, 4) is 5.69 Å². The monoisotopic (exact) mass is 384 g/mol. The number of hydrogen-bond donors (Lipinski definition) is 2. The maximum absolute atomic E-state index is 6.08. The van der Waals surface area contributed by atoms with E-state index in [1.807, 2.05) is 19.2 Å². The predicted molar refractivity (Wildman–Crippen MR) is 111 cm³/mol. The standard InChI is InChI=1S/C21H32N6O/c1-21(2,3)19-17(6-5-11-28-19)13-25-20(22-4)24-12-16-7-9-18(10-8-16)27-15-23-14-26-27/h7-10,14-15,17,19H,5-6,11-13H2,1-4H3,(H2,22,24,25). The summed E-state index contributed by atoms with van der Waals surface area (Å²) >= 11 is 0. The lowest BCUT2D eigenvalue weighted by Gasteiger charge is -2.40. The lowest BCUT2D eigenvalue weighted by molar-refractivity contribution is -0.0835. The van der Waals surface area contributed by atoms with Crippen LogP contribution in [-0.4, -0.2) is 47.0 Å². The van der Waals surface area contributed by atoms with Crippen molar-refractivity contribution in [3.05, 3.63) is 42.5 Å². The molecule has 28 heavy (non-hydrogen) atoms. The first-order valence-electron chi connectivity index (χ1n) is 9.97. The molecule has 0 aliphatic carbocycles. The predicted octanol–water partition coefficient (Wildman–Crippen LogP) is 2.77. The Balaban J connectivity index is 1.50. The maximum atomic E-state index is 6.08. The Hall–Kier alpha value is -2.41. The third-order valence-corrected chi connectivity index (χ3v) is 5.13. The average Bonchev–Trinajstić information content (AvgIpc) is 3.23. The minimum Gasteiger partial charge on any atom is -0.377 e. The lowest BCUT2D eigenvalue weighted by atomic mass is 9.78. The van der Waals surface area contributed by atoms with Crippen LogP contribution in [0.25, 0.3) is 5.69 Å². The van der Waals surface area contributed by atoms with E-state index in [2.05, 4.69) is 58.6 Å². The van der Waals surface area contributed by atoms with Gasteiger partial charge in [-0.2, -0.15) is 5.10 Å². The van der Waals surface area contributed by atoms with Gasteiger partial charge in [-0.15, -0.1) is 0 Å². The first-order chi connectivity index (χ1) is 13.5. The molecule has 0 bridgehead atoms. The van der Waals surface area contributed by atoms with Crippen LogP contribution in [0.5, 0.6) is 0 Å². The van der Waals surface area contributed by atoms with Crippen LogP contribution in [0.15, 0.2) is 41.9 Å². The zero-order chi connectivity index (χ0) is 20.0. The molecule has 1 aromatic heterocycles. The molecule has 7 heteroatoms. The fourth-order valence-electron chi connectivity index (χ4n) is 3.75. The summed E-state index contributed by atoms with van der Waals surface area (Å²) in [5, 5.41) is 11.0. The van der Waals surface area contributed by atoms with Gasteiger partial charge in [-0.1, -0.05) is 32.9 Å². The number of aromatic nitrogens is 3. The van der Waals surface area contributed by atoms with E-state index in [1.54, 1.807) is 11.0 Å². The smallest absolute Gasteiger partial charge is 0.191 e. The molecule has 1 aromatic carbocycles. The summed E-state index contributed by atoms with van der Waals surface area (Å²) in [6.45, 7) is 9.22. The van der Waals surface area contributed by atoms with E-state index in [0.717, 1.165) is 31.2 Å². The van der Waals surface area contributed by atoms with Crippen LogP contribution < -0.4 is 10.6 Å². The van der Waals surface area contributed by atoms with Crippen molar-refractivity contribution >= 4 is 5.96 Å². The molecule has 2 aromatic rings. The fraction of sp³-hybridized carbons (Fsp3) is 0.571. The Morgan fingerprint density at radius 3 is 2.68 bits per heavy atom. The van der Waals surface area contributed by atoms with Crippen LogP contribution in [0, 0.1) is 11.3 Å². The summed E-state index contributed by atoms with van der Waals surface area (Å²) in [6.07, 6.45) is 5.82. The number of benzene rings is 1. The van der Waals surface area contributed by atoms with Crippen LogP contribution in [-0.2, 0) is 11.3 Å². The number of nitrogens with zero attached hydrogens (tertiary/aromatic N) is 4. The van der Waals surface area contributed by atoms with Crippen molar-refractivity contribution in [1.82, 2.24) is 25.4 Å². The van der Waals surface area contributed by atoms with Crippen molar-refractivity contribution in [3.63, 3.8) is 0 Å². The van der Waals surface area contributed by atoms with Gasteiger partial charge in [0.2, 0.25) is 0 Å². The summed E-state index contributed by atoms with van der Waals surface area (Å²) < 4.78 is 7.83. The first-order valence-corrected chi connectivity index (χ1v) is 9.97. The van der Waals surface area contributed by atoms with Crippen molar-refractivity contribution in [2.24, 2.45) is 16.3 Å². The van der Waals surface area contributed by atoms with Gasteiger partial charge in [0.1, 0.15) is 12.7 Å². The van der Waals surface area contributed by atoms with Crippen LogP contribution in [0.2, 0.25) is 0 Å². The fourth-order valence-corrected chi connectivity index (χ4v) is 3.75. The van der Waals surface area contributed by atoms with Gasteiger partial charge in [0, 0.05) is 32.7 Å². The minimum atomic E-state index is 0.148. The molecule has 3 rings (SSSR count). The zero-order valence-electron chi connectivity index (χ0n) is 17.4. The second kappa shape index (κ2) is 9.19. The van der Waals surface area contributed by atoms with E-state index >= 15 is 0 Å². The normalized spacial score (nSPS) is 20.8. The second-order valence-corrected chi connectivity index (χ2v) is 8.37. The molecule has 0 saturated carbocycles. The van der Waals surface area contributed by atoms with Crippen molar-refractivity contribution in [2.75, 3.05) is 20.2 Å². The van der Waals surface area contributed by atoms with Gasteiger partial charge in [-0.3, -0.25) is 4.99 Å². The summed E-state index contributed by atoms with van der Waals surface area (Å²) in [4.78, 5) is 8.34. The molecule has 0 radical (unpaired) electrons. The molecule has 2 heterocycles. The Kier molecular flexibility index (Phi) is 6.67. The zero-order valence-corrected chi connectivity index (χ0v) is 17.4. The molecular weight excluding hydrogens is 352 g/mol. The van der Waals surface area contributed by atoms with Gasteiger partial charge in [-0.25, -0.2) is 9.67 Å². The Bertz CT molecular complexity index is 748. The Morgan fingerprint density at radius 1 is 1.25 bits per heavy atom. The first kappa shape index (κ1) is 20.3. The third-order valence-electron chi connectivity index (χ3n) is 5.13. The van der Waals surface area contributed by atoms with Crippen LogP contribution in [0.4, 0.5) is 0 Å². The quantitative estimate of drug-likeness (QED) is 0.612. The van der Waals surface area contributed by atoms with Gasteiger partial charge < -0.3 is 15.4 Å². The van der Waals surface area contributed by atoms with E-state index in [0.29, 0.717) is 12.5 Å². The number of hydrogen-bond acceptors (Lipinski definition) is 4. The SMILES string of the molecule is CN=C(NCc1ccc(-n2cncn2)cc1)NCC1CCCOC1C(C)(C)C. The van der Waals surface area contributed by atoms with Gasteiger partial charge in [-0.05, 0) is 36.0 Å². The Morgan fingerprint density at radius 2 is 2.04 bits per heavy atom. The molecule has 1 saturated heterocycles. The van der Waals surface area contributed by atoms with Crippen LogP contribution >= 0.6 is 0 Å². The Labute approximate surface area is 167 Å². The number of guanidine groups is 1. The van der Waals surface area contributed by atoms with Crippen molar-refractivity contribution in [1.29, 1.82) is 0 Å². The van der Waals surface area contributed by atoms with E-state index in [4.69, 9.17) is 4.74 Å². The third kappa shape index (κ3) is 5.32. The van der Waals surface area contributed by atoms with E-state index in [1.165, 1.54) is 18.3 Å². The van der Waals surface area contributed by atoms with Crippen LogP contribution in [0.1, 0.15) is 39.2 Å². The molecular formula is C21H32N6O. The van der Waals surface area contributed by atoms with Gasteiger partial charge in [0.15, 0.2) is 5.96 Å². The van der Waals surface area contributed by atoms with E-state index < -0.39 is 0 Å². The highest BCUT2D eigenvalue weighted by Crippen LogP contribution is 2.33. The summed E-state index contributed by atoms with van der Waals surface area (Å²) in [5.74, 6) is 1.31. The minimum absolute atomic E-state index is 0.148. The molecule has 1 fully saturated rings. The lowest BCUT2D eigenvalue weighted by Crippen LogP contribution is -2.47. The van der Waals surface area contributed by atoms with Crippen molar-refractivity contribution in [2.45, 2.75) is 46.3 Å². The molecule has 0 amide bonds. The molecule has 2 N–H and O–H groups in total. The maximum Gasteiger partial charge on any atom is 0.191 e. The summed E-state index contributed by atoms with van der Waals surface area (Å²) in [7, 11) is 1.81. The molecule has 2 unspecified atom stereocenters. The molecule has 0 spiro atoms. The molecule has 152 valence electrons. The second-order valence-electron chi connectivity index (χ2n) is 8.37. The van der Waals surface area contributed by atoms with Crippen LogP contribution in [0.3, 0.4) is 0 Å². The average molecular weight is 385 g/mol. The highest BCUT2D eigenvalue weighted by molar-refractivity contribution is 5.79. The van der Waals surface area contributed by atoms with E-state index in [9.17, 15) is 0 Å². The number of ether oxygens (including phenoxy) is 1. The van der Waals surface area contributed by atoms with E-state index in [-0.39, 0.29) is 11.5 Å². The summed E-state index contributed by atoms with van der Waals surface area (Å²) in [6, 6.07) is 8.24. The molecule has 1 aliphatic heterocycles. The topological polar surface area (TPSA) is 76.4 Å². The number of rotatable bonds is 5. The largest absolute Gasteiger partial charge is 0.377 e. The molecule has 1 aliphatic rings. The van der Waals surface area contributed by atoms with Gasteiger partial charge in [0.25, 0.3) is 0 Å². The molecule has 2 atom stereocenters. The molecule has 7 nitrogen and oxygen atoms in total. The summed E-state index contributed by atoms with van der Waals surface area (Å²) in [5.41, 5.74) is 2.32. The highest BCUT2D eigenvalue weighted by Gasteiger charge is 2.35. The number of nitrogens with one attached hydrogen (secondary N) is 2. The van der Waals surface area contributed by atoms with Gasteiger partial charge in [0.05, 0.1) is 11.8 Å².